The number of rotatable bonds is 2. The molecule has 3 rings (SSSR count). The molecule has 1 aromatic heterocycles. The average molecular weight is 286 g/mol. The van der Waals surface area contributed by atoms with Crippen molar-refractivity contribution >= 4 is 22.6 Å². The number of benzene rings is 2. The van der Waals surface area contributed by atoms with Crippen LogP contribution in [0.15, 0.2) is 36.7 Å². The van der Waals surface area contributed by atoms with Crippen molar-refractivity contribution in [2.24, 2.45) is 5.73 Å². The van der Waals surface area contributed by atoms with Crippen LogP contribution in [0.3, 0.4) is 0 Å². The SMILES string of the molecule is Cc1cc2ncn(-c3ccc(Cl)cc3CN)c2cc1C. The minimum atomic E-state index is 0.445. The second kappa shape index (κ2) is 4.93. The van der Waals surface area contributed by atoms with Crippen LogP contribution in [0.1, 0.15) is 16.7 Å². The molecule has 0 saturated heterocycles. The van der Waals surface area contributed by atoms with Gasteiger partial charge < -0.3 is 5.73 Å². The van der Waals surface area contributed by atoms with E-state index in [2.05, 4.69) is 35.5 Å². The highest BCUT2D eigenvalue weighted by molar-refractivity contribution is 6.30. The highest BCUT2D eigenvalue weighted by atomic mass is 35.5. The number of aryl methyl sites for hydroxylation is 2. The van der Waals surface area contributed by atoms with Gasteiger partial charge in [0.25, 0.3) is 0 Å². The molecule has 20 heavy (non-hydrogen) atoms. The minimum absolute atomic E-state index is 0.445. The lowest BCUT2D eigenvalue weighted by Gasteiger charge is -2.11. The third-order valence-corrected chi connectivity index (χ3v) is 3.92. The fourth-order valence-corrected chi connectivity index (χ4v) is 2.60. The van der Waals surface area contributed by atoms with Gasteiger partial charge in [0.05, 0.1) is 16.7 Å². The summed E-state index contributed by atoms with van der Waals surface area (Å²) in [5.41, 5.74) is 12.5. The van der Waals surface area contributed by atoms with Crippen LogP contribution in [0, 0.1) is 13.8 Å². The second-order valence-electron chi connectivity index (χ2n) is 5.02. The molecular weight excluding hydrogens is 270 g/mol. The summed E-state index contributed by atoms with van der Waals surface area (Å²) in [7, 11) is 0. The Morgan fingerprint density at radius 2 is 1.90 bits per heavy atom. The van der Waals surface area contributed by atoms with Gasteiger partial charge in [-0.05, 0) is 60.9 Å². The van der Waals surface area contributed by atoms with E-state index in [-0.39, 0.29) is 0 Å². The van der Waals surface area contributed by atoms with E-state index in [4.69, 9.17) is 17.3 Å². The van der Waals surface area contributed by atoms with Crippen molar-refractivity contribution in [2.45, 2.75) is 20.4 Å². The highest BCUT2D eigenvalue weighted by Gasteiger charge is 2.10. The molecule has 0 aliphatic carbocycles. The molecule has 1 heterocycles. The van der Waals surface area contributed by atoms with E-state index in [1.54, 1.807) is 0 Å². The van der Waals surface area contributed by atoms with E-state index in [0.717, 1.165) is 22.3 Å². The summed E-state index contributed by atoms with van der Waals surface area (Å²) in [5.74, 6) is 0. The molecule has 0 saturated carbocycles. The number of nitrogens with zero attached hydrogens (tertiary/aromatic N) is 2. The summed E-state index contributed by atoms with van der Waals surface area (Å²) in [6.07, 6.45) is 1.84. The van der Waals surface area contributed by atoms with E-state index in [0.29, 0.717) is 11.6 Å². The molecule has 3 aromatic rings. The van der Waals surface area contributed by atoms with Crippen LogP contribution in [-0.2, 0) is 6.54 Å². The molecule has 0 bridgehead atoms. The lowest BCUT2D eigenvalue weighted by atomic mass is 10.1. The normalized spacial score (nSPS) is 11.2. The quantitative estimate of drug-likeness (QED) is 0.779. The van der Waals surface area contributed by atoms with Crippen LogP contribution in [0.25, 0.3) is 16.7 Å². The van der Waals surface area contributed by atoms with Gasteiger partial charge in [0.15, 0.2) is 0 Å². The van der Waals surface area contributed by atoms with Crippen LogP contribution in [0.5, 0.6) is 0 Å². The van der Waals surface area contributed by atoms with Gasteiger partial charge in [0.2, 0.25) is 0 Å². The first-order chi connectivity index (χ1) is 9.60. The maximum Gasteiger partial charge on any atom is 0.100 e. The van der Waals surface area contributed by atoms with Crippen LogP contribution in [-0.4, -0.2) is 9.55 Å². The molecule has 0 fully saturated rings. The predicted octanol–water partition coefficient (Wildman–Crippen LogP) is 3.75. The van der Waals surface area contributed by atoms with E-state index < -0.39 is 0 Å². The molecule has 4 heteroatoms. The fourth-order valence-electron chi connectivity index (χ4n) is 2.41. The molecule has 102 valence electrons. The number of halogens is 1. The topological polar surface area (TPSA) is 43.8 Å². The van der Waals surface area contributed by atoms with Gasteiger partial charge in [-0.15, -0.1) is 0 Å². The van der Waals surface area contributed by atoms with Crippen molar-refractivity contribution in [2.75, 3.05) is 0 Å². The maximum atomic E-state index is 6.04. The Labute approximate surface area is 123 Å². The Kier molecular flexibility index (Phi) is 3.24. The van der Waals surface area contributed by atoms with Crippen molar-refractivity contribution < 1.29 is 0 Å². The lowest BCUT2D eigenvalue weighted by molar-refractivity contribution is 1.000. The molecule has 0 spiro atoms. The molecule has 2 N–H and O–H groups in total. The third-order valence-electron chi connectivity index (χ3n) is 3.68. The first kappa shape index (κ1) is 13.2. The summed E-state index contributed by atoms with van der Waals surface area (Å²) in [6, 6.07) is 10.0. The van der Waals surface area contributed by atoms with Gasteiger partial charge in [0.1, 0.15) is 6.33 Å². The van der Waals surface area contributed by atoms with E-state index in [1.807, 2.05) is 24.5 Å². The Bertz CT molecular complexity index is 790. The maximum absolute atomic E-state index is 6.04. The van der Waals surface area contributed by atoms with Gasteiger partial charge in [-0.2, -0.15) is 0 Å². The van der Waals surface area contributed by atoms with Crippen LogP contribution in [0.2, 0.25) is 5.02 Å². The number of fused-ring (bicyclic) bond motifs is 1. The van der Waals surface area contributed by atoms with Gasteiger partial charge in [-0.3, -0.25) is 4.57 Å². The summed E-state index contributed by atoms with van der Waals surface area (Å²) in [6.45, 7) is 4.65. The number of nitrogens with two attached hydrogens (primary N) is 1. The molecule has 0 aliphatic rings. The zero-order valence-corrected chi connectivity index (χ0v) is 12.3. The fraction of sp³-hybridized carbons (Fsp3) is 0.188. The average Bonchev–Trinajstić information content (AvgIpc) is 2.82. The summed E-state index contributed by atoms with van der Waals surface area (Å²) in [5, 5.41) is 0.700. The minimum Gasteiger partial charge on any atom is -0.326 e. The largest absolute Gasteiger partial charge is 0.326 e. The number of hydrogen-bond acceptors (Lipinski definition) is 2. The Morgan fingerprint density at radius 3 is 2.65 bits per heavy atom. The Balaban J connectivity index is 2.27. The molecule has 0 amide bonds. The Morgan fingerprint density at radius 1 is 1.15 bits per heavy atom. The molecule has 0 radical (unpaired) electrons. The highest BCUT2D eigenvalue weighted by Crippen LogP contribution is 2.25. The van der Waals surface area contributed by atoms with Crippen LogP contribution in [0.4, 0.5) is 0 Å². The van der Waals surface area contributed by atoms with Gasteiger partial charge in [-0.25, -0.2) is 4.98 Å². The standard InChI is InChI=1S/C16H16ClN3/c1-10-5-14-16(6-11(10)2)20(9-19-14)15-4-3-13(17)7-12(15)8-18/h3-7,9H,8,18H2,1-2H3. The van der Waals surface area contributed by atoms with Crippen molar-refractivity contribution in [3.63, 3.8) is 0 Å². The smallest absolute Gasteiger partial charge is 0.100 e. The molecule has 2 aromatic carbocycles. The van der Waals surface area contributed by atoms with E-state index in [1.165, 1.54) is 11.1 Å². The zero-order chi connectivity index (χ0) is 14.3. The van der Waals surface area contributed by atoms with Gasteiger partial charge >= 0.3 is 0 Å². The van der Waals surface area contributed by atoms with Gasteiger partial charge in [-0.1, -0.05) is 11.6 Å². The molecule has 0 unspecified atom stereocenters. The molecule has 0 atom stereocenters. The second-order valence-corrected chi connectivity index (χ2v) is 5.45. The predicted molar refractivity (Wildman–Crippen MR) is 83.4 cm³/mol. The summed E-state index contributed by atoms with van der Waals surface area (Å²) in [4.78, 5) is 4.48. The first-order valence-corrected chi connectivity index (χ1v) is 6.91. The van der Waals surface area contributed by atoms with Crippen molar-refractivity contribution in [1.29, 1.82) is 0 Å². The lowest BCUT2D eigenvalue weighted by Crippen LogP contribution is -2.04. The van der Waals surface area contributed by atoms with Crippen molar-refractivity contribution in [3.05, 3.63) is 58.4 Å². The summed E-state index contributed by atoms with van der Waals surface area (Å²) >= 11 is 6.04. The van der Waals surface area contributed by atoms with Gasteiger partial charge in [0, 0.05) is 11.6 Å². The monoisotopic (exact) mass is 285 g/mol. The van der Waals surface area contributed by atoms with Crippen LogP contribution < -0.4 is 5.73 Å². The molecular formula is C16H16ClN3. The number of hydrogen-bond donors (Lipinski definition) is 1. The Hall–Kier alpha value is -1.84. The third kappa shape index (κ3) is 2.09. The van der Waals surface area contributed by atoms with Crippen molar-refractivity contribution in [1.82, 2.24) is 9.55 Å². The first-order valence-electron chi connectivity index (χ1n) is 6.53. The van der Waals surface area contributed by atoms with Crippen LogP contribution >= 0.6 is 11.6 Å². The number of imidazole rings is 1. The van der Waals surface area contributed by atoms with E-state index in [9.17, 15) is 0 Å². The van der Waals surface area contributed by atoms with Crippen molar-refractivity contribution in [3.8, 4) is 5.69 Å². The van der Waals surface area contributed by atoms with E-state index >= 15 is 0 Å². The zero-order valence-electron chi connectivity index (χ0n) is 11.5. The number of aromatic nitrogens is 2. The summed E-state index contributed by atoms with van der Waals surface area (Å²) < 4.78 is 2.07. The molecule has 0 aliphatic heterocycles. The molecule has 3 nitrogen and oxygen atoms in total.